The van der Waals surface area contributed by atoms with Gasteiger partial charge in [0.15, 0.2) is 0 Å². The zero-order valence-electron chi connectivity index (χ0n) is 15.9. The van der Waals surface area contributed by atoms with E-state index in [2.05, 4.69) is 30.3 Å². The van der Waals surface area contributed by atoms with E-state index in [0.29, 0.717) is 29.8 Å². The normalized spacial score (nSPS) is 11.5. The predicted octanol–water partition coefficient (Wildman–Crippen LogP) is 2.93. The summed E-state index contributed by atoms with van der Waals surface area (Å²) < 4.78 is 26.6. The van der Waals surface area contributed by atoms with Crippen LogP contribution in [0.5, 0.6) is 0 Å². The summed E-state index contributed by atoms with van der Waals surface area (Å²) in [5, 5.41) is 7.36. The van der Waals surface area contributed by atoms with Gasteiger partial charge in [0.05, 0.1) is 0 Å². The van der Waals surface area contributed by atoms with Gasteiger partial charge in [0.1, 0.15) is 23.3 Å². The SMILES string of the molecule is Cc1nc(NCCNS(=O)(=O)/C=C/c2ccccc2)cc(Nc2ccccn2)n1. The van der Waals surface area contributed by atoms with E-state index < -0.39 is 10.0 Å². The highest BCUT2D eigenvalue weighted by atomic mass is 32.2. The third-order valence-electron chi connectivity index (χ3n) is 3.73. The first-order chi connectivity index (χ1) is 14.0. The van der Waals surface area contributed by atoms with E-state index in [-0.39, 0.29) is 6.54 Å². The molecule has 0 radical (unpaired) electrons. The maximum atomic E-state index is 12.1. The Bertz CT molecular complexity index is 1060. The molecule has 29 heavy (non-hydrogen) atoms. The van der Waals surface area contributed by atoms with Gasteiger partial charge in [-0.05, 0) is 30.7 Å². The summed E-state index contributed by atoms with van der Waals surface area (Å²) in [6.07, 6.45) is 3.24. The van der Waals surface area contributed by atoms with Crippen LogP contribution in [-0.4, -0.2) is 36.5 Å². The van der Waals surface area contributed by atoms with Crippen molar-refractivity contribution in [1.29, 1.82) is 0 Å². The van der Waals surface area contributed by atoms with E-state index in [4.69, 9.17) is 0 Å². The van der Waals surface area contributed by atoms with E-state index in [1.807, 2.05) is 48.5 Å². The second-order valence-electron chi connectivity index (χ2n) is 6.11. The van der Waals surface area contributed by atoms with Gasteiger partial charge in [-0.15, -0.1) is 0 Å². The van der Waals surface area contributed by atoms with Crippen molar-refractivity contribution >= 4 is 33.6 Å². The fourth-order valence-electron chi connectivity index (χ4n) is 2.45. The summed E-state index contributed by atoms with van der Waals surface area (Å²) in [6, 6.07) is 16.5. The van der Waals surface area contributed by atoms with E-state index in [9.17, 15) is 8.42 Å². The van der Waals surface area contributed by atoms with Gasteiger partial charge in [-0.25, -0.2) is 28.1 Å². The highest BCUT2D eigenvalue weighted by molar-refractivity contribution is 7.92. The average Bonchev–Trinajstić information content (AvgIpc) is 2.71. The number of nitrogens with one attached hydrogen (secondary N) is 3. The van der Waals surface area contributed by atoms with Gasteiger partial charge in [0.25, 0.3) is 0 Å². The molecular weight excluding hydrogens is 388 g/mol. The van der Waals surface area contributed by atoms with Gasteiger partial charge in [-0.2, -0.15) is 0 Å². The van der Waals surface area contributed by atoms with Gasteiger partial charge >= 0.3 is 0 Å². The van der Waals surface area contributed by atoms with Crippen LogP contribution >= 0.6 is 0 Å². The van der Waals surface area contributed by atoms with Crippen LogP contribution in [0.4, 0.5) is 17.5 Å². The highest BCUT2D eigenvalue weighted by Gasteiger charge is 2.06. The van der Waals surface area contributed by atoms with Crippen LogP contribution in [0.2, 0.25) is 0 Å². The van der Waals surface area contributed by atoms with Crippen LogP contribution in [0.15, 0.2) is 66.2 Å². The van der Waals surface area contributed by atoms with Crippen molar-refractivity contribution in [1.82, 2.24) is 19.7 Å². The van der Waals surface area contributed by atoms with Crippen LogP contribution in [0.25, 0.3) is 6.08 Å². The molecule has 0 aliphatic heterocycles. The molecule has 9 heteroatoms. The lowest BCUT2D eigenvalue weighted by molar-refractivity contribution is 0.592. The molecule has 0 saturated carbocycles. The zero-order valence-corrected chi connectivity index (χ0v) is 16.7. The monoisotopic (exact) mass is 410 g/mol. The Labute approximate surface area is 170 Å². The molecule has 1 aromatic carbocycles. The molecule has 2 heterocycles. The molecule has 0 aliphatic carbocycles. The van der Waals surface area contributed by atoms with E-state index in [1.54, 1.807) is 25.3 Å². The van der Waals surface area contributed by atoms with Gasteiger partial charge in [-0.3, -0.25) is 0 Å². The Balaban J connectivity index is 1.51. The quantitative estimate of drug-likeness (QED) is 0.465. The summed E-state index contributed by atoms with van der Waals surface area (Å²) >= 11 is 0. The van der Waals surface area contributed by atoms with Gasteiger partial charge < -0.3 is 10.6 Å². The summed E-state index contributed by atoms with van der Waals surface area (Å²) in [5.41, 5.74) is 0.820. The third kappa shape index (κ3) is 6.98. The van der Waals surface area contributed by atoms with Crippen molar-refractivity contribution in [3.05, 3.63) is 77.6 Å². The number of aromatic nitrogens is 3. The molecule has 0 fully saturated rings. The van der Waals surface area contributed by atoms with Crippen LogP contribution in [0.1, 0.15) is 11.4 Å². The minimum Gasteiger partial charge on any atom is -0.369 e. The maximum absolute atomic E-state index is 12.1. The number of aryl methyl sites for hydroxylation is 1. The Morgan fingerprint density at radius 1 is 0.931 bits per heavy atom. The zero-order chi connectivity index (χ0) is 20.5. The first kappa shape index (κ1) is 20.4. The largest absolute Gasteiger partial charge is 0.369 e. The molecule has 0 aliphatic rings. The number of hydrogen-bond acceptors (Lipinski definition) is 7. The predicted molar refractivity (Wildman–Crippen MR) is 115 cm³/mol. The molecule has 0 unspecified atom stereocenters. The van der Waals surface area contributed by atoms with Crippen molar-refractivity contribution in [3.63, 3.8) is 0 Å². The summed E-state index contributed by atoms with van der Waals surface area (Å²) in [4.78, 5) is 12.8. The fraction of sp³-hybridized carbons (Fsp3) is 0.150. The van der Waals surface area contributed by atoms with Gasteiger partial charge in [-0.1, -0.05) is 36.4 Å². The Kier molecular flexibility index (Phi) is 6.88. The number of pyridine rings is 1. The topological polar surface area (TPSA) is 109 Å². The summed E-state index contributed by atoms with van der Waals surface area (Å²) in [6.45, 7) is 2.37. The minimum atomic E-state index is -3.52. The minimum absolute atomic E-state index is 0.216. The standard InChI is InChI=1S/C20H22N6O2S/c1-16-24-19(15-20(25-16)26-18-9-5-6-11-21-18)22-12-13-23-29(27,28)14-10-17-7-3-2-4-8-17/h2-11,14-15,23H,12-13H2,1H3,(H2,21,22,24,25,26)/b14-10+. The molecule has 0 saturated heterocycles. The molecule has 3 N–H and O–H groups in total. The molecule has 150 valence electrons. The van der Waals surface area contributed by atoms with Crippen molar-refractivity contribution in [2.24, 2.45) is 0 Å². The Morgan fingerprint density at radius 3 is 2.45 bits per heavy atom. The van der Waals surface area contributed by atoms with Crippen molar-refractivity contribution < 1.29 is 8.42 Å². The fourth-order valence-corrected chi connectivity index (χ4v) is 3.27. The van der Waals surface area contributed by atoms with Crippen LogP contribution < -0.4 is 15.4 Å². The van der Waals surface area contributed by atoms with Crippen LogP contribution in [0.3, 0.4) is 0 Å². The summed E-state index contributed by atoms with van der Waals surface area (Å²) in [5.74, 6) is 2.45. The van der Waals surface area contributed by atoms with Crippen LogP contribution in [0, 0.1) is 6.92 Å². The molecule has 0 atom stereocenters. The molecule has 8 nitrogen and oxygen atoms in total. The third-order valence-corrected chi connectivity index (χ3v) is 4.83. The Hall–Kier alpha value is -3.30. The number of anilines is 3. The number of hydrogen-bond donors (Lipinski definition) is 3. The average molecular weight is 411 g/mol. The molecule has 0 spiro atoms. The number of nitrogens with zero attached hydrogens (tertiary/aromatic N) is 3. The molecule has 3 aromatic rings. The number of rotatable bonds is 9. The second-order valence-corrected chi connectivity index (χ2v) is 7.76. The van der Waals surface area contributed by atoms with Gasteiger partial charge in [0.2, 0.25) is 10.0 Å². The number of sulfonamides is 1. The van der Waals surface area contributed by atoms with Crippen molar-refractivity contribution in [2.75, 3.05) is 23.7 Å². The lowest BCUT2D eigenvalue weighted by atomic mass is 10.2. The molecule has 0 amide bonds. The number of benzene rings is 1. The molecular formula is C20H22N6O2S. The molecule has 0 bridgehead atoms. The maximum Gasteiger partial charge on any atom is 0.233 e. The van der Waals surface area contributed by atoms with E-state index >= 15 is 0 Å². The van der Waals surface area contributed by atoms with Gasteiger partial charge in [0, 0.05) is 30.8 Å². The lowest BCUT2D eigenvalue weighted by Gasteiger charge is -2.10. The smallest absolute Gasteiger partial charge is 0.233 e. The Morgan fingerprint density at radius 2 is 1.69 bits per heavy atom. The first-order valence-corrected chi connectivity index (χ1v) is 10.6. The molecule has 2 aromatic heterocycles. The molecule has 3 rings (SSSR count). The van der Waals surface area contributed by atoms with Crippen molar-refractivity contribution in [3.8, 4) is 0 Å². The first-order valence-electron chi connectivity index (χ1n) is 9.01. The highest BCUT2D eigenvalue weighted by Crippen LogP contribution is 2.15. The van der Waals surface area contributed by atoms with E-state index in [0.717, 1.165) is 11.0 Å². The van der Waals surface area contributed by atoms with Crippen LogP contribution in [-0.2, 0) is 10.0 Å². The lowest BCUT2D eigenvalue weighted by Crippen LogP contribution is -2.27. The summed E-state index contributed by atoms with van der Waals surface area (Å²) in [7, 11) is -3.52. The van der Waals surface area contributed by atoms with Crippen molar-refractivity contribution in [2.45, 2.75) is 6.92 Å². The van der Waals surface area contributed by atoms with E-state index in [1.165, 1.54) is 0 Å². The second kappa shape index (κ2) is 9.76.